The lowest BCUT2D eigenvalue weighted by atomic mass is 10.3. The standard InChI is InChI=1S/C10H10FN3S/c1-7(10-12-5-6-15-10)13-9-4-2-3-8(11)14-9/h2-7H,1H3,(H,13,14)/t7-/m1/s1. The maximum absolute atomic E-state index is 12.8. The first kappa shape index (κ1) is 10.0. The molecule has 2 rings (SSSR count). The summed E-state index contributed by atoms with van der Waals surface area (Å²) in [5, 5.41) is 5.95. The number of nitrogens with one attached hydrogen (secondary N) is 1. The molecule has 0 radical (unpaired) electrons. The zero-order valence-electron chi connectivity index (χ0n) is 8.14. The second-order valence-corrected chi connectivity index (χ2v) is 4.01. The van der Waals surface area contributed by atoms with Gasteiger partial charge in [0.25, 0.3) is 0 Å². The highest BCUT2D eigenvalue weighted by Gasteiger charge is 2.08. The summed E-state index contributed by atoms with van der Waals surface area (Å²) >= 11 is 1.56. The summed E-state index contributed by atoms with van der Waals surface area (Å²) in [5.41, 5.74) is 0. The number of anilines is 1. The van der Waals surface area contributed by atoms with Crippen molar-refractivity contribution in [3.63, 3.8) is 0 Å². The number of pyridine rings is 1. The second-order valence-electron chi connectivity index (χ2n) is 3.08. The highest BCUT2D eigenvalue weighted by atomic mass is 32.1. The van der Waals surface area contributed by atoms with Crippen LogP contribution in [0.4, 0.5) is 10.2 Å². The maximum atomic E-state index is 12.8. The minimum atomic E-state index is -0.480. The van der Waals surface area contributed by atoms with E-state index in [-0.39, 0.29) is 6.04 Å². The van der Waals surface area contributed by atoms with E-state index >= 15 is 0 Å². The Morgan fingerprint density at radius 1 is 1.47 bits per heavy atom. The van der Waals surface area contributed by atoms with Gasteiger partial charge >= 0.3 is 0 Å². The number of aromatic nitrogens is 2. The molecular formula is C10H10FN3S. The highest BCUT2D eigenvalue weighted by Crippen LogP contribution is 2.19. The first-order valence-corrected chi connectivity index (χ1v) is 5.42. The van der Waals surface area contributed by atoms with Gasteiger partial charge in [-0.05, 0) is 19.1 Å². The molecule has 0 saturated heterocycles. The lowest BCUT2D eigenvalue weighted by Crippen LogP contribution is -2.07. The summed E-state index contributed by atoms with van der Waals surface area (Å²) in [6.45, 7) is 1.96. The van der Waals surface area contributed by atoms with Crippen LogP contribution in [0.1, 0.15) is 18.0 Å². The molecule has 0 fully saturated rings. The molecule has 2 aromatic rings. The van der Waals surface area contributed by atoms with Crippen molar-refractivity contribution in [3.05, 3.63) is 40.7 Å². The third-order valence-corrected chi connectivity index (χ3v) is 2.86. The van der Waals surface area contributed by atoms with Crippen molar-refractivity contribution in [2.75, 3.05) is 5.32 Å². The molecule has 0 aliphatic carbocycles. The van der Waals surface area contributed by atoms with E-state index in [2.05, 4.69) is 15.3 Å². The molecule has 0 unspecified atom stereocenters. The van der Waals surface area contributed by atoms with Gasteiger partial charge in [0, 0.05) is 11.6 Å². The van der Waals surface area contributed by atoms with Crippen molar-refractivity contribution in [2.45, 2.75) is 13.0 Å². The van der Waals surface area contributed by atoms with E-state index in [4.69, 9.17) is 0 Å². The van der Waals surface area contributed by atoms with Crippen molar-refractivity contribution in [1.82, 2.24) is 9.97 Å². The predicted octanol–water partition coefficient (Wildman–Crippen LogP) is 2.85. The van der Waals surface area contributed by atoms with E-state index in [0.717, 1.165) is 5.01 Å². The Kier molecular flexibility index (Phi) is 2.91. The Morgan fingerprint density at radius 3 is 3.00 bits per heavy atom. The molecule has 0 bridgehead atoms. The van der Waals surface area contributed by atoms with Crippen molar-refractivity contribution in [3.8, 4) is 0 Å². The molecule has 2 aromatic heterocycles. The van der Waals surface area contributed by atoms with Crippen LogP contribution in [0.15, 0.2) is 29.8 Å². The fourth-order valence-electron chi connectivity index (χ4n) is 1.22. The molecule has 78 valence electrons. The topological polar surface area (TPSA) is 37.8 Å². The minimum Gasteiger partial charge on any atom is -0.361 e. The molecule has 1 N–H and O–H groups in total. The van der Waals surface area contributed by atoms with E-state index in [0.29, 0.717) is 5.82 Å². The van der Waals surface area contributed by atoms with Crippen LogP contribution in [0.25, 0.3) is 0 Å². The molecule has 3 nitrogen and oxygen atoms in total. The summed E-state index contributed by atoms with van der Waals surface area (Å²) in [6, 6.07) is 4.71. The Labute approximate surface area is 91.0 Å². The van der Waals surface area contributed by atoms with Crippen molar-refractivity contribution in [2.24, 2.45) is 0 Å². The van der Waals surface area contributed by atoms with E-state index in [1.54, 1.807) is 29.7 Å². The number of hydrogen-bond donors (Lipinski definition) is 1. The fourth-order valence-corrected chi connectivity index (χ4v) is 1.87. The average molecular weight is 223 g/mol. The van der Waals surface area contributed by atoms with E-state index in [9.17, 15) is 4.39 Å². The van der Waals surface area contributed by atoms with E-state index < -0.39 is 5.95 Å². The van der Waals surface area contributed by atoms with Crippen molar-refractivity contribution in [1.29, 1.82) is 0 Å². The summed E-state index contributed by atoms with van der Waals surface area (Å²) < 4.78 is 12.8. The third kappa shape index (κ3) is 2.50. The molecule has 0 aromatic carbocycles. The van der Waals surface area contributed by atoms with Gasteiger partial charge in [-0.25, -0.2) is 9.97 Å². The molecule has 0 aliphatic heterocycles. The summed E-state index contributed by atoms with van der Waals surface area (Å²) in [5.74, 6) is 0.0454. The molecule has 0 amide bonds. The minimum absolute atomic E-state index is 0.0410. The van der Waals surface area contributed by atoms with Crippen LogP contribution in [0.5, 0.6) is 0 Å². The average Bonchev–Trinajstić information content (AvgIpc) is 2.70. The van der Waals surface area contributed by atoms with Crippen LogP contribution in [-0.2, 0) is 0 Å². The number of thiazole rings is 1. The van der Waals surface area contributed by atoms with Crippen LogP contribution in [-0.4, -0.2) is 9.97 Å². The lowest BCUT2D eigenvalue weighted by molar-refractivity contribution is 0.584. The first-order valence-electron chi connectivity index (χ1n) is 4.54. The van der Waals surface area contributed by atoms with Gasteiger partial charge in [0.2, 0.25) is 5.95 Å². The maximum Gasteiger partial charge on any atom is 0.214 e. The molecule has 2 heterocycles. The smallest absolute Gasteiger partial charge is 0.214 e. The summed E-state index contributed by atoms with van der Waals surface area (Å²) in [4.78, 5) is 7.89. The zero-order valence-corrected chi connectivity index (χ0v) is 8.96. The largest absolute Gasteiger partial charge is 0.361 e. The van der Waals surface area contributed by atoms with Gasteiger partial charge in [-0.15, -0.1) is 11.3 Å². The first-order chi connectivity index (χ1) is 7.25. The van der Waals surface area contributed by atoms with Gasteiger partial charge in [0.1, 0.15) is 10.8 Å². The molecule has 15 heavy (non-hydrogen) atoms. The van der Waals surface area contributed by atoms with Crippen LogP contribution >= 0.6 is 11.3 Å². The second kappa shape index (κ2) is 4.35. The zero-order chi connectivity index (χ0) is 10.7. The van der Waals surface area contributed by atoms with Crippen LogP contribution in [0.3, 0.4) is 0 Å². The van der Waals surface area contributed by atoms with Gasteiger partial charge in [-0.1, -0.05) is 6.07 Å². The third-order valence-electron chi connectivity index (χ3n) is 1.90. The number of rotatable bonds is 3. The summed E-state index contributed by atoms with van der Waals surface area (Å²) in [7, 11) is 0. The quantitative estimate of drug-likeness (QED) is 0.813. The van der Waals surface area contributed by atoms with Gasteiger partial charge in [0.15, 0.2) is 0 Å². The monoisotopic (exact) mass is 223 g/mol. The Balaban J connectivity index is 2.09. The number of nitrogens with zero attached hydrogens (tertiary/aromatic N) is 2. The van der Waals surface area contributed by atoms with Gasteiger partial charge < -0.3 is 5.32 Å². The van der Waals surface area contributed by atoms with Gasteiger partial charge in [0.05, 0.1) is 6.04 Å². The van der Waals surface area contributed by atoms with Crippen molar-refractivity contribution >= 4 is 17.2 Å². The Hall–Kier alpha value is -1.49. The van der Waals surface area contributed by atoms with E-state index in [1.807, 2.05) is 12.3 Å². The molecule has 0 spiro atoms. The predicted molar refractivity (Wildman–Crippen MR) is 58.3 cm³/mol. The Morgan fingerprint density at radius 2 is 2.33 bits per heavy atom. The number of halogens is 1. The van der Waals surface area contributed by atoms with Crippen molar-refractivity contribution < 1.29 is 4.39 Å². The van der Waals surface area contributed by atoms with Gasteiger partial charge in [-0.3, -0.25) is 0 Å². The highest BCUT2D eigenvalue weighted by molar-refractivity contribution is 7.09. The lowest BCUT2D eigenvalue weighted by Gasteiger charge is -2.11. The fraction of sp³-hybridized carbons (Fsp3) is 0.200. The van der Waals surface area contributed by atoms with E-state index in [1.165, 1.54) is 6.07 Å². The molecule has 0 saturated carbocycles. The van der Waals surface area contributed by atoms with Crippen LogP contribution in [0.2, 0.25) is 0 Å². The Bertz CT molecular complexity index is 430. The normalized spacial score (nSPS) is 12.4. The molecule has 0 aliphatic rings. The van der Waals surface area contributed by atoms with Crippen LogP contribution in [0, 0.1) is 5.95 Å². The molecular weight excluding hydrogens is 213 g/mol. The summed E-state index contributed by atoms with van der Waals surface area (Å²) in [6.07, 6.45) is 1.75. The van der Waals surface area contributed by atoms with Crippen LogP contribution < -0.4 is 5.32 Å². The molecule has 5 heteroatoms. The number of hydrogen-bond acceptors (Lipinski definition) is 4. The SMILES string of the molecule is C[C@@H](Nc1cccc(F)n1)c1nccs1. The molecule has 1 atom stereocenters. The van der Waals surface area contributed by atoms with Gasteiger partial charge in [-0.2, -0.15) is 4.39 Å².